The van der Waals surface area contributed by atoms with E-state index in [2.05, 4.69) is 15.0 Å². The molecule has 0 radical (unpaired) electrons. The number of ether oxygens (including phenoxy) is 1. The average molecular weight is 378 g/mol. The minimum absolute atomic E-state index is 0.139. The highest BCUT2D eigenvalue weighted by atomic mass is 127. The minimum Gasteiger partial charge on any atom is -0.390 e. The Morgan fingerprint density at radius 1 is 1.58 bits per heavy atom. The number of hydrogen-bond acceptors (Lipinski definition) is 6. The molecule has 0 saturated carbocycles. The number of aliphatic hydroxyl groups is 2. The molecule has 0 aliphatic carbocycles. The van der Waals surface area contributed by atoms with Crippen molar-refractivity contribution in [1.29, 1.82) is 0 Å². The Bertz CT molecular complexity index is 656. The van der Waals surface area contributed by atoms with Crippen LogP contribution >= 0.6 is 22.6 Å². The van der Waals surface area contributed by atoms with Crippen molar-refractivity contribution in [3.05, 3.63) is 23.0 Å². The zero-order valence-corrected chi connectivity index (χ0v) is 11.8. The number of H-pyrrole nitrogens is 1. The molecule has 0 spiro atoms. The van der Waals surface area contributed by atoms with Crippen LogP contribution in [0.2, 0.25) is 0 Å². The van der Waals surface area contributed by atoms with E-state index in [1.165, 1.54) is 17.2 Å². The molecular weight excluding hydrogens is 367 g/mol. The average Bonchev–Trinajstić information content (AvgIpc) is 2.93. The lowest BCUT2D eigenvalue weighted by molar-refractivity contribution is -0.0803. The van der Waals surface area contributed by atoms with Gasteiger partial charge in [-0.1, -0.05) is 22.6 Å². The number of fused-ring (bicyclic) bond motifs is 1. The maximum atomic E-state index is 11.5. The molecule has 4 atom stereocenters. The number of halogens is 1. The molecule has 102 valence electrons. The first-order chi connectivity index (χ1) is 9.08. The summed E-state index contributed by atoms with van der Waals surface area (Å²) in [6.07, 6.45) is 0.325. The van der Waals surface area contributed by atoms with Gasteiger partial charge in [0.25, 0.3) is 5.56 Å². The number of alkyl halides is 1. The fourth-order valence-corrected chi connectivity index (χ4v) is 2.98. The van der Waals surface area contributed by atoms with E-state index in [1.54, 1.807) is 0 Å². The summed E-state index contributed by atoms with van der Waals surface area (Å²) in [6, 6.07) is 0. The molecule has 2 aromatic rings. The van der Waals surface area contributed by atoms with Gasteiger partial charge in [0.1, 0.15) is 10.2 Å². The van der Waals surface area contributed by atoms with Crippen LogP contribution in [0.15, 0.2) is 17.4 Å². The van der Waals surface area contributed by atoms with Crippen molar-refractivity contribution in [1.82, 2.24) is 19.5 Å². The highest BCUT2D eigenvalue weighted by Crippen LogP contribution is 2.31. The third kappa shape index (κ3) is 2.16. The van der Waals surface area contributed by atoms with E-state index in [4.69, 9.17) is 4.74 Å². The highest BCUT2D eigenvalue weighted by Gasteiger charge is 2.38. The summed E-state index contributed by atoms with van der Waals surface area (Å²) in [4.78, 5) is 21.8. The summed E-state index contributed by atoms with van der Waals surface area (Å²) in [5.74, 6) is 0. The molecule has 0 aromatic carbocycles. The van der Waals surface area contributed by atoms with Crippen LogP contribution in [0, 0.1) is 0 Å². The first kappa shape index (κ1) is 13.0. The van der Waals surface area contributed by atoms with Crippen molar-refractivity contribution >= 4 is 33.8 Å². The van der Waals surface area contributed by atoms with Crippen LogP contribution in [0.25, 0.3) is 11.2 Å². The van der Waals surface area contributed by atoms with Crippen LogP contribution in [0.3, 0.4) is 0 Å². The largest absolute Gasteiger partial charge is 0.390 e. The molecule has 3 heterocycles. The molecule has 1 fully saturated rings. The molecule has 0 amide bonds. The molecule has 8 nitrogen and oxygen atoms in total. The molecule has 2 unspecified atom stereocenters. The van der Waals surface area contributed by atoms with Gasteiger partial charge in [0.05, 0.1) is 18.8 Å². The Morgan fingerprint density at radius 3 is 3.05 bits per heavy atom. The van der Waals surface area contributed by atoms with Gasteiger partial charge in [0.15, 0.2) is 17.4 Å². The summed E-state index contributed by atoms with van der Waals surface area (Å²) < 4.78 is 6.63. The lowest BCUT2D eigenvalue weighted by Gasteiger charge is -2.21. The van der Waals surface area contributed by atoms with Crippen molar-refractivity contribution in [2.75, 3.05) is 0 Å². The van der Waals surface area contributed by atoms with Gasteiger partial charge in [-0.15, -0.1) is 0 Å². The smallest absolute Gasteiger partial charge is 0.278 e. The fraction of sp³-hybridized carbons (Fsp3) is 0.500. The first-order valence-electron chi connectivity index (χ1n) is 5.64. The fourth-order valence-electron chi connectivity index (χ4n) is 2.12. The molecule has 3 rings (SSSR count). The van der Waals surface area contributed by atoms with Crippen molar-refractivity contribution in [2.24, 2.45) is 0 Å². The lowest BCUT2D eigenvalue weighted by atomic mass is 10.1. The molecule has 0 bridgehead atoms. The second-order valence-corrected chi connectivity index (χ2v) is 5.67. The topological polar surface area (TPSA) is 113 Å². The molecule has 3 N–H and O–H groups in total. The zero-order chi connectivity index (χ0) is 13.6. The van der Waals surface area contributed by atoms with E-state index in [0.717, 1.165) is 0 Å². The predicted octanol–water partition coefficient (Wildman–Crippen LogP) is -0.479. The molecule has 9 heteroatoms. The van der Waals surface area contributed by atoms with Crippen LogP contribution < -0.4 is 5.56 Å². The molecular formula is C10H11IN4O4. The zero-order valence-electron chi connectivity index (χ0n) is 9.60. The normalized spacial score (nSPS) is 28.9. The van der Waals surface area contributed by atoms with Gasteiger partial charge < -0.3 is 19.9 Å². The number of aromatic nitrogens is 4. The van der Waals surface area contributed by atoms with Crippen LogP contribution in [0.1, 0.15) is 12.6 Å². The van der Waals surface area contributed by atoms with E-state index in [0.29, 0.717) is 6.42 Å². The van der Waals surface area contributed by atoms with Gasteiger partial charge in [0, 0.05) is 6.42 Å². The maximum Gasteiger partial charge on any atom is 0.278 e. The van der Waals surface area contributed by atoms with Gasteiger partial charge in [-0.3, -0.25) is 9.36 Å². The third-order valence-electron chi connectivity index (χ3n) is 3.05. The van der Waals surface area contributed by atoms with Gasteiger partial charge in [-0.2, -0.15) is 0 Å². The number of rotatable bonds is 2. The Labute approximate surface area is 120 Å². The quantitative estimate of drug-likeness (QED) is 0.481. The molecule has 1 aliphatic rings. The number of nitrogens with zero attached hydrogens (tertiary/aromatic N) is 3. The van der Waals surface area contributed by atoms with Crippen LogP contribution in [-0.2, 0) is 4.74 Å². The van der Waals surface area contributed by atoms with Crippen molar-refractivity contribution in [2.45, 2.75) is 29.0 Å². The van der Waals surface area contributed by atoms with Gasteiger partial charge in [-0.25, -0.2) is 9.97 Å². The second kappa shape index (κ2) is 4.81. The Kier molecular flexibility index (Phi) is 3.28. The van der Waals surface area contributed by atoms with Crippen LogP contribution in [-0.4, -0.2) is 46.1 Å². The number of imidazole rings is 1. The van der Waals surface area contributed by atoms with Crippen molar-refractivity contribution in [3.63, 3.8) is 0 Å². The highest BCUT2D eigenvalue weighted by molar-refractivity contribution is 14.1. The Hall–Kier alpha value is -1.04. The molecule has 1 saturated heterocycles. The standard InChI is InChI=1S/C10H11IN4O4/c11-5-1-4(16)7(19-5)10(18)15-3-14-6-8(15)12-2-13-9(6)17/h2-5,7,10,16,18H,1H2,(H,12,13,17)/t4-,5?,7-,10?/m0/s1. The molecule has 19 heavy (non-hydrogen) atoms. The SMILES string of the molecule is O=c1[nH]cnc2c1ncn2C(O)[C@H]1OC(I)C[C@@H]1O. The Morgan fingerprint density at radius 2 is 2.37 bits per heavy atom. The number of nitrogens with one attached hydrogen (secondary N) is 1. The summed E-state index contributed by atoms with van der Waals surface area (Å²) in [5, 5.41) is 20.1. The van der Waals surface area contributed by atoms with Gasteiger partial charge in [-0.05, 0) is 0 Å². The summed E-state index contributed by atoms with van der Waals surface area (Å²) in [6.45, 7) is 0. The lowest BCUT2D eigenvalue weighted by Crippen LogP contribution is -2.32. The number of aromatic amines is 1. The Balaban J connectivity index is 2.00. The number of hydrogen-bond donors (Lipinski definition) is 3. The predicted molar refractivity (Wildman–Crippen MR) is 72.7 cm³/mol. The maximum absolute atomic E-state index is 11.5. The van der Waals surface area contributed by atoms with Gasteiger partial charge >= 0.3 is 0 Å². The van der Waals surface area contributed by atoms with Crippen LogP contribution in [0.5, 0.6) is 0 Å². The molecule has 1 aliphatic heterocycles. The summed E-state index contributed by atoms with van der Waals surface area (Å²) in [7, 11) is 0. The third-order valence-corrected chi connectivity index (χ3v) is 3.86. The van der Waals surface area contributed by atoms with E-state index in [1.807, 2.05) is 22.6 Å². The first-order valence-corrected chi connectivity index (χ1v) is 6.88. The van der Waals surface area contributed by atoms with Crippen molar-refractivity contribution in [3.8, 4) is 0 Å². The number of aliphatic hydroxyl groups excluding tert-OH is 2. The second-order valence-electron chi connectivity index (χ2n) is 4.28. The van der Waals surface area contributed by atoms with Crippen molar-refractivity contribution < 1.29 is 14.9 Å². The minimum atomic E-state index is -1.14. The monoisotopic (exact) mass is 378 g/mol. The van der Waals surface area contributed by atoms with E-state index in [-0.39, 0.29) is 20.8 Å². The summed E-state index contributed by atoms with van der Waals surface area (Å²) in [5.41, 5.74) is 0.0135. The summed E-state index contributed by atoms with van der Waals surface area (Å²) >= 11 is 2.05. The van der Waals surface area contributed by atoms with Gasteiger partial charge in [0.2, 0.25) is 0 Å². The molecule has 2 aromatic heterocycles. The van der Waals surface area contributed by atoms with E-state index < -0.39 is 18.4 Å². The van der Waals surface area contributed by atoms with E-state index in [9.17, 15) is 15.0 Å². The van der Waals surface area contributed by atoms with Crippen LogP contribution in [0.4, 0.5) is 0 Å². The van der Waals surface area contributed by atoms with E-state index >= 15 is 0 Å².